The van der Waals surface area contributed by atoms with Crippen molar-refractivity contribution in [1.29, 1.82) is 0 Å². The summed E-state index contributed by atoms with van der Waals surface area (Å²) in [4.78, 5) is 26.4. The number of nitrogens with zero attached hydrogens (tertiary/aromatic N) is 1. The van der Waals surface area contributed by atoms with Crippen LogP contribution in [0.2, 0.25) is 0 Å². The number of amides is 1. The summed E-state index contributed by atoms with van der Waals surface area (Å²) >= 11 is 0. The van der Waals surface area contributed by atoms with Crippen LogP contribution in [-0.4, -0.2) is 22.0 Å². The SMILES string of the molecule is CC/C=C(/C)C(=O)NCc1cc(C(=O)O)ccn1. The second kappa shape index (κ2) is 6.54. The van der Waals surface area contributed by atoms with Gasteiger partial charge in [-0.25, -0.2) is 4.79 Å². The molecule has 0 aliphatic heterocycles. The first-order valence-electron chi connectivity index (χ1n) is 5.67. The van der Waals surface area contributed by atoms with Crippen LogP contribution in [0.5, 0.6) is 0 Å². The predicted octanol–water partition coefficient (Wildman–Crippen LogP) is 1.75. The summed E-state index contributed by atoms with van der Waals surface area (Å²) < 4.78 is 0. The molecule has 0 atom stereocenters. The van der Waals surface area contributed by atoms with E-state index in [0.29, 0.717) is 11.3 Å². The first kappa shape index (κ1) is 13.9. The van der Waals surface area contributed by atoms with E-state index in [0.717, 1.165) is 6.42 Å². The number of nitrogens with one attached hydrogen (secondary N) is 1. The fourth-order valence-corrected chi connectivity index (χ4v) is 1.42. The Morgan fingerprint density at radius 3 is 2.83 bits per heavy atom. The van der Waals surface area contributed by atoms with Gasteiger partial charge in [-0.1, -0.05) is 13.0 Å². The van der Waals surface area contributed by atoms with Gasteiger partial charge in [0.05, 0.1) is 17.8 Å². The van der Waals surface area contributed by atoms with Crippen molar-refractivity contribution in [2.45, 2.75) is 26.8 Å². The van der Waals surface area contributed by atoms with Crippen LogP contribution in [0, 0.1) is 0 Å². The van der Waals surface area contributed by atoms with Gasteiger partial charge < -0.3 is 10.4 Å². The van der Waals surface area contributed by atoms with E-state index in [1.807, 2.05) is 13.0 Å². The number of carbonyl (C=O) groups excluding carboxylic acids is 1. The van der Waals surface area contributed by atoms with Crippen molar-refractivity contribution < 1.29 is 14.7 Å². The monoisotopic (exact) mass is 248 g/mol. The topological polar surface area (TPSA) is 79.3 Å². The highest BCUT2D eigenvalue weighted by Crippen LogP contribution is 2.02. The number of carboxylic acid groups (broad SMARTS) is 1. The van der Waals surface area contributed by atoms with Gasteiger partial charge in [0.2, 0.25) is 5.91 Å². The van der Waals surface area contributed by atoms with Crippen LogP contribution >= 0.6 is 0 Å². The molecule has 5 nitrogen and oxygen atoms in total. The Morgan fingerprint density at radius 2 is 2.22 bits per heavy atom. The lowest BCUT2D eigenvalue weighted by atomic mass is 10.2. The normalized spacial score (nSPS) is 11.1. The molecule has 0 spiro atoms. The maximum absolute atomic E-state index is 11.6. The zero-order chi connectivity index (χ0) is 13.5. The van der Waals surface area contributed by atoms with Gasteiger partial charge in [0, 0.05) is 11.8 Å². The Labute approximate surface area is 106 Å². The van der Waals surface area contributed by atoms with Crippen molar-refractivity contribution in [3.8, 4) is 0 Å². The molecule has 0 aliphatic rings. The standard InChI is InChI=1S/C13H16N2O3/c1-3-4-9(2)12(16)15-8-11-7-10(13(17)18)5-6-14-11/h4-7H,3,8H2,1-2H3,(H,15,16)(H,17,18)/b9-4-. The number of allylic oxidation sites excluding steroid dienone is 1. The van der Waals surface area contributed by atoms with Crippen molar-refractivity contribution in [1.82, 2.24) is 10.3 Å². The van der Waals surface area contributed by atoms with E-state index in [2.05, 4.69) is 10.3 Å². The molecule has 1 heterocycles. The van der Waals surface area contributed by atoms with Crippen molar-refractivity contribution in [2.24, 2.45) is 0 Å². The quantitative estimate of drug-likeness (QED) is 0.778. The second-order valence-electron chi connectivity index (χ2n) is 3.82. The summed E-state index contributed by atoms with van der Waals surface area (Å²) in [6.45, 7) is 3.91. The maximum Gasteiger partial charge on any atom is 0.335 e. The Bertz CT molecular complexity index is 481. The maximum atomic E-state index is 11.6. The number of hydrogen-bond acceptors (Lipinski definition) is 3. The van der Waals surface area contributed by atoms with Gasteiger partial charge >= 0.3 is 5.97 Å². The van der Waals surface area contributed by atoms with E-state index in [-0.39, 0.29) is 18.0 Å². The number of aromatic carboxylic acids is 1. The lowest BCUT2D eigenvalue weighted by molar-refractivity contribution is -0.117. The number of pyridine rings is 1. The van der Waals surface area contributed by atoms with E-state index in [9.17, 15) is 9.59 Å². The molecule has 5 heteroatoms. The first-order valence-corrected chi connectivity index (χ1v) is 5.67. The van der Waals surface area contributed by atoms with E-state index in [1.165, 1.54) is 18.3 Å². The summed E-state index contributed by atoms with van der Waals surface area (Å²) in [6.07, 6.45) is 4.04. The molecular weight excluding hydrogens is 232 g/mol. The molecular formula is C13H16N2O3. The minimum absolute atomic E-state index is 0.162. The van der Waals surface area contributed by atoms with Gasteiger partial charge in [0.1, 0.15) is 0 Å². The van der Waals surface area contributed by atoms with Gasteiger partial charge in [0.15, 0.2) is 0 Å². The lowest BCUT2D eigenvalue weighted by Crippen LogP contribution is -2.24. The number of carbonyl (C=O) groups is 2. The zero-order valence-electron chi connectivity index (χ0n) is 10.4. The highest BCUT2D eigenvalue weighted by Gasteiger charge is 2.06. The molecule has 1 amide bonds. The molecule has 2 N–H and O–H groups in total. The summed E-state index contributed by atoms with van der Waals surface area (Å²) in [5.74, 6) is -1.17. The Kier molecular flexibility index (Phi) is 5.05. The molecule has 1 rings (SSSR count). The van der Waals surface area contributed by atoms with Crippen LogP contribution in [-0.2, 0) is 11.3 Å². The van der Waals surface area contributed by atoms with E-state index in [1.54, 1.807) is 6.92 Å². The molecule has 0 saturated carbocycles. The molecule has 0 fully saturated rings. The van der Waals surface area contributed by atoms with Crippen LogP contribution in [0.4, 0.5) is 0 Å². The van der Waals surface area contributed by atoms with Gasteiger partial charge in [-0.3, -0.25) is 9.78 Å². The molecule has 1 aromatic heterocycles. The lowest BCUT2D eigenvalue weighted by Gasteiger charge is -2.05. The van der Waals surface area contributed by atoms with Crippen molar-refractivity contribution in [3.63, 3.8) is 0 Å². The molecule has 0 saturated heterocycles. The van der Waals surface area contributed by atoms with Gasteiger partial charge in [0.25, 0.3) is 0 Å². The minimum Gasteiger partial charge on any atom is -0.478 e. The summed E-state index contributed by atoms with van der Waals surface area (Å²) in [5, 5.41) is 11.5. The van der Waals surface area contributed by atoms with Crippen molar-refractivity contribution in [2.75, 3.05) is 0 Å². The Balaban J connectivity index is 2.64. The van der Waals surface area contributed by atoms with Crippen molar-refractivity contribution >= 4 is 11.9 Å². The smallest absolute Gasteiger partial charge is 0.335 e. The van der Waals surface area contributed by atoms with Crippen LogP contribution in [0.15, 0.2) is 30.0 Å². The predicted molar refractivity (Wildman–Crippen MR) is 67.1 cm³/mol. The number of rotatable bonds is 5. The molecule has 0 aliphatic carbocycles. The molecule has 0 unspecified atom stereocenters. The van der Waals surface area contributed by atoms with E-state index < -0.39 is 5.97 Å². The third-order valence-corrected chi connectivity index (χ3v) is 2.36. The number of aromatic nitrogens is 1. The fourth-order valence-electron chi connectivity index (χ4n) is 1.42. The van der Waals surface area contributed by atoms with Crippen LogP contribution in [0.1, 0.15) is 36.3 Å². The van der Waals surface area contributed by atoms with Crippen molar-refractivity contribution in [3.05, 3.63) is 41.2 Å². The zero-order valence-corrected chi connectivity index (χ0v) is 10.4. The molecule has 0 radical (unpaired) electrons. The Hall–Kier alpha value is -2.17. The minimum atomic E-state index is -1.01. The third kappa shape index (κ3) is 4.01. The highest BCUT2D eigenvalue weighted by atomic mass is 16.4. The second-order valence-corrected chi connectivity index (χ2v) is 3.82. The van der Waals surface area contributed by atoms with E-state index >= 15 is 0 Å². The summed E-state index contributed by atoms with van der Waals surface area (Å²) in [7, 11) is 0. The fraction of sp³-hybridized carbons (Fsp3) is 0.308. The molecule has 1 aromatic rings. The molecule has 0 aromatic carbocycles. The molecule has 0 bridgehead atoms. The summed E-state index contributed by atoms with van der Waals surface area (Å²) in [6, 6.07) is 2.86. The van der Waals surface area contributed by atoms with Crippen LogP contribution in [0.25, 0.3) is 0 Å². The third-order valence-electron chi connectivity index (χ3n) is 2.36. The highest BCUT2D eigenvalue weighted by molar-refractivity contribution is 5.92. The molecule has 18 heavy (non-hydrogen) atoms. The van der Waals surface area contributed by atoms with Crippen LogP contribution < -0.4 is 5.32 Å². The number of hydrogen-bond donors (Lipinski definition) is 2. The average molecular weight is 248 g/mol. The summed E-state index contributed by atoms with van der Waals surface area (Å²) in [5.41, 5.74) is 1.33. The van der Waals surface area contributed by atoms with Gasteiger partial charge in [-0.15, -0.1) is 0 Å². The van der Waals surface area contributed by atoms with E-state index in [4.69, 9.17) is 5.11 Å². The first-order chi connectivity index (χ1) is 8.54. The van der Waals surface area contributed by atoms with Gasteiger partial charge in [-0.2, -0.15) is 0 Å². The average Bonchev–Trinajstić information content (AvgIpc) is 2.36. The van der Waals surface area contributed by atoms with Gasteiger partial charge in [-0.05, 0) is 25.5 Å². The number of carboxylic acids is 1. The largest absolute Gasteiger partial charge is 0.478 e. The Morgan fingerprint density at radius 1 is 1.50 bits per heavy atom. The van der Waals surface area contributed by atoms with Crippen LogP contribution in [0.3, 0.4) is 0 Å². The molecule has 96 valence electrons.